The summed E-state index contributed by atoms with van der Waals surface area (Å²) in [6, 6.07) is 11.6. The monoisotopic (exact) mass is 376 g/mol. The molecule has 0 saturated carbocycles. The Morgan fingerprint density at radius 3 is 2.38 bits per heavy atom. The molecule has 0 amide bonds. The number of hydrogen-bond donors (Lipinski definition) is 2. The van der Waals surface area contributed by atoms with E-state index in [-0.39, 0.29) is 16.5 Å². The number of benzene rings is 2. The summed E-state index contributed by atoms with van der Waals surface area (Å²) in [6.45, 7) is 5.88. The quantitative estimate of drug-likeness (QED) is 0.718. The van der Waals surface area contributed by atoms with E-state index < -0.39 is 16.0 Å². The molecule has 0 aliphatic carbocycles. The summed E-state index contributed by atoms with van der Waals surface area (Å²) in [5, 5.41) is 3.17. The van der Waals surface area contributed by atoms with Crippen molar-refractivity contribution < 1.29 is 17.9 Å². The molecule has 0 heterocycles. The van der Waals surface area contributed by atoms with Gasteiger partial charge in [-0.1, -0.05) is 24.6 Å². The van der Waals surface area contributed by atoms with Crippen molar-refractivity contribution in [3.63, 3.8) is 0 Å². The summed E-state index contributed by atoms with van der Waals surface area (Å²) in [6.07, 6.45) is 0.823. The number of ether oxygens (including phenoxy) is 1. The molecule has 2 rings (SSSR count). The van der Waals surface area contributed by atoms with Gasteiger partial charge in [0.2, 0.25) is 0 Å². The van der Waals surface area contributed by atoms with E-state index in [1.165, 1.54) is 13.2 Å². The van der Waals surface area contributed by atoms with Crippen LogP contribution in [0.5, 0.6) is 0 Å². The maximum absolute atomic E-state index is 12.9. The number of hydrogen-bond acceptors (Lipinski definition) is 5. The van der Waals surface area contributed by atoms with E-state index in [4.69, 9.17) is 4.74 Å². The number of aryl methyl sites for hydroxylation is 1. The Bertz CT molecular complexity index is 877. The van der Waals surface area contributed by atoms with Crippen LogP contribution in [0.4, 0.5) is 11.4 Å². The van der Waals surface area contributed by atoms with Crippen molar-refractivity contribution in [3.05, 3.63) is 53.6 Å². The lowest BCUT2D eigenvalue weighted by molar-refractivity contribution is 0.0600. The molecule has 0 saturated heterocycles. The van der Waals surface area contributed by atoms with E-state index in [1.807, 2.05) is 32.9 Å². The second-order valence-corrected chi connectivity index (χ2v) is 7.78. The fraction of sp³-hybridized carbons (Fsp3) is 0.316. The van der Waals surface area contributed by atoms with E-state index in [0.717, 1.165) is 12.0 Å². The summed E-state index contributed by atoms with van der Waals surface area (Å²) in [7, 11) is -2.64. The first-order chi connectivity index (χ1) is 12.3. The first-order valence-corrected chi connectivity index (χ1v) is 9.83. The molecule has 2 aromatic rings. The third-order valence-corrected chi connectivity index (χ3v) is 5.43. The molecule has 0 aliphatic heterocycles. The van der Waals surface area contributed by atoms with Gasteiger partial charge >= 0.3 is 5.97 Å². The van der Waals surface area contributed by atoms with Gasteiger partial charge in [-0.25, -0.2) is 13.2 Å². The van der Waals surface area contributed by atoms with Crippen LogP contribution in [0.25, 0.3) is 0 Å². The van der Waals surface area contributed by atoms with Crippen LogP contribution >= 0.6 is 0 Å². The van der Waals surface area contributed by atoms with Crippen molar-refractivity contribution in [1.82, 2.24) is 0 Å². The summed E-state index contributed by atoms with van der Waals surface area (Å²) in [5.74, 6) is -0.591. The fourth-order valence-electron chi connectivity index (χ4n) is 2.31. The van der Waals surface area contributed by atoms with Crippen LogP contribution in [-0.2, 0) is 14.8 Å². The highest BCUT2D eigenvalue weighted by molar-refractivity contribution is 7.92. The zero-order valence-electron chi connectivity index (χ0n) is 15.4. The standard InChI is InChI=1S/C19H24N2O4S/c1-5-14(3)20-17-11-8-15(19(22)25-4)12-18(17)26(23,24)21-16-9-6-13(2)7-10-16/h6-12,14,20-21H,5H2,1-4H3/t14-/m0/s1. The maximum Gasteiger partial charge on any atom is 0.337 e. The van der Waals surface area contributed by atoms with Crippen molar-refractivity contribution >= 4 is 27.4 Å². The van der Waals surface area contributed by atoms with Crippen LogP contribution in [-0.4, -0.2) is 27.5 Å². The molecule has 0 aliphatic rings. The Balaban J connectivity index is 2.47. The number of carbonyl (C=O) groups excluding carboxylic acids is 1. The molecule has 0 aromatic heterocycles. The van der Waals surface area contributed by atoms with Gasteiger partial charge in [-0.05, 0) is 50.6 Å². The minimum atomic E-state index is -3.90. The van der Waals surface area contributed by atoms with Crippen LogP contribution in [0.15, 0.2) is 47.4 Å². The smallest absolute Gasteiger partial charge is 0.337 e. The first-order valence-electron chi connectivity index (χ1n) is 8.35. The molecule has 0 unspecified atom stereocenters. The molecule has 6 nitrogen and oxygen atoms in total. The van der Waals surface area contributed by atoms with Crippen LogP contribution in [0, 0.1) is 6.92 Å². The molecule has 0 radical (unpaired) electrons. The number of sulfonamides is 1. The molecule has 26 heavy (non-hydrogen) atoms. The largest absolute Gasteiger partial charge is 0.465 e. The highest BCUT2D eigenvalue weighted by Gasteiger charge is 2.22. The van der Waals surface area contributed by atoms with Gasteiger partial charge in [0.1, 0.15) is 4.90 Å². The molecular weight excluding hydrogens is 352 g/mol. The summed E-state index contributed by atoms with van der Waals surface area (Å²) in [5.41, 5.74) is 2.09. The Labute approximate surface area is 154 Å². The van der Waals surface area contributed by atoms with E-state index >= 15 is 0 Å². The Hall–Kier alpha value is -2.54. The molecule has 7 heteroatoms. The molecular formula is C19H24N2O4S. The van der Waals surface area contributed by atoms with Crippen molar-refractivity contribution in [3.8, 4) is 0 Å². The van der Waals surface area contributed by atoms with E-state index in [1.54, 1.807) is 24.3 Å². The average molecular weight is 376 g/mol. The van der Waals surface area contributed by atoms with Crippen LogP contribution in [0.1, 0.15) is 36.2 Å². The minimum Gasteiger partial charge on any atom is -0.465 e. The third-order valence-electron chi connectivity index (χ3n) is 4.01. The van der Waals surface area contributed by atoms with Gasteiger partial charge in [0.05, 0.1) is 18.4 Å². The average Bonchev–Trinajstić information content (AvgIpc) is 2.62. The second-order valence-electron chi connectivity index (χ2n) is 6.13. The third kappa shape index (κ3) is 4.76. The van der Waals surface area contributed by atoms with Gasteiger partial charge in [0.15, 0.2) is 0 Å². The Kier molecular flexibility index (Phi) is 6.26. The summed E-state index contributed by atoms with van der Waals surface area (Å²) >= 11 is 0. The molecule has 0 spiro atoms. The van der Waals surface area contributed by atoms with Crippen LogP contribution in [0.2, 0.25) is 0 Å². The molecule has 0 fully saturated rings. The molecule has 2 aromatic carbocycles. The normalized spacial score (nSPS) is 12.3. The first kappa shape index (κ1) is 19.8. The van der Waals surface area contributed by atoms with Crippen molar-refractivity contribution in [2.75, 3.05) is 17.1 Å². The van der Waals surface area contributed by atoms with Gasteiger partial charge in [-0.2, -0.15) is 0 Å². The molecule has 2 N–H and O–H groups in total. The van der Waals surface area contributed by atoms with Crippen LogP contribution in [0.3, 0.4) is 0 Å². The predicted octanol–water partition coefficient (Wildman–Crippen LogP) is 3.79. The Morgan fingerprint density at radius 2 is 1.81 bits per heavy atom. The minimum absolute atomic E-state index is 0.00118. The number of anilines is 2. The maximum atomic E-state index is 12.9. The molecule has 1 atom stereocenters. The van der Waals surface area contributed by atoms with E-state index in [2.05, 4.69) is 10.0 Å². The molecule has 140 valence electrons. The van der Waals surface area contributed by atoms with Crippen molar-refractivity contribution in [2.24, 2.45) is 0 Å². The van der Waals surface area contributed by atoms with E-state index in [9.17, 15) is 13.2 Å². The van der Waals surface area contributed by atoms with Gasteiger partial charge in [0.25, 0.3) is 10.0 Å². The lowest BCUT2D eigenvalue weighted by atomic mass is 10.2. The number of rotatable bonds is 7. The fourth-order valence-corrected chi connectivity index (χ4v) is 3.56. The SMILES string of the molecule is CC[C@H](C)Nc1ccc(C(=O)OC)cc1S(=O)(=O)Nc1ccc(C)cc1. The highest BCUT2D eigenvalue weighted by Crippen LogP contribution is 2.27. The summed E-state index contributed by atoms with van der Waals surface area (Å²) in [4.78, 5) is 11.8. The number of esters is 1. The Morgan fingerprint density at radius 1 is 1.15 bits per heavy atom. The zero-order chi connectivity index (χ0) is 19.3. The number of carbonyl (C=O) groups is 1. The van der Waals surface area contributed by atoms with Crippen molar-refractivity contribution in [2.45, 2.75) is 38.1 Å². The van der Waals surface area contributed by atoms with Crippen LogP contribution < -0.4 is 10.0 Å². The lowest BCUT2D eigenvalue weighted by Gasteiger charge is -2.18. The van der Waals surface area contributed by atoms with Gasteiger partial charge in [-0.3, -0.25) is 4.72 Å². The predicted molar refractivity (Wildman–Crippen MR) is 103 cm³/mol. The van der Waals surface area contributed by atoms with Gasteiger partial charge in [0, 0.05) is 11.7 Å². The molecule has 0 bridgehead atoms. The number of nitrogens with one attached hydrogen (secondary N) is 2. The zero-order valence-corrected chi connectivity index (χ0v) is 16.2. The van der Waals surface area contributed by atoms with Crippen molar-refractivity contribution in [1.29, 1.82) is 0 Å². The second kappa shape index (κ2) is 8.23. The lowest BCUT2D eigenvalue weighted by Crippen LogP contribution is -2.20. The highest BCUT2D eigenvalue weighted by atomic mass is 32.2. The van der Waals surface area contributed by atoms with Gasteiger partial charge < -0.3 is 10.1 Å². The number of methoxy groups -OCH3 is 1. The van der Waals surface area contributed by atoms with Gasteiger partial charge in [-0.15, -0.1) is 0 Å². The van der Waals surface area contributed by atoms with E-state index in [0.29, 0.717) is 11.4 Å². The summed E-state index contributed by atoms with van der Waals surface area (Å²) < 4.78 is 33.1. The topological polar surface area (TPSA) is 84.5 Å².